The highest BCUT2D eigenvalue weighted by atomic mass is 32.1. The quantitative estimate of drug-likeness (QED) is 0.649. The van der Waals surface area contributed by atoms with Gasteiger partial charge in [-0.15, -0.1) is 22.7 Å². The summed E-state index contributed by atoms with van der Waals surface area (Å²) in [7, 11) is 0. The highest BCUT2D eigenvalue weighted by molar-refractivity contribution is 7.14. The number of thiophene rings is 1. The Morgan fingerprint density at radius 1 is 1.20 bits per heavy atom. The second-order valence-corrected chi connectivity index (χ2v) is 7.64. The predicted molar refractivity (Wildman–Crippen MR) is 96.9 cm³/mol. The molecule has 7 nitrogen and oxygen atoms in total. The number of amides is 2. The molecule has 0 aliphatic rings. The minimum Gasteiger partial charge on any atom is -0.480 e. The van der Waals surface area contributed by atoms with E-state index in [4.69, 9.17) is 5.11 Å². The van der Waals surface area contributed by atoms with Crippen molar-refractivity contribution >= 4 is 45.6 Å². The van der Waals surface area contributed by atoms with Crippen molar-refractivity contribution in [2.24, 2.45) is 5.92 Å². The van der Waals surface area contributed by atoms with Crippen LogP contribution < -0.4 is 10.6 Å². The first-order chi connectivity index (χ1) is 11.8. The third-order valence-electron chi connectivity index (χ3n) is 3.30. The van der Waals surface area contributed by atoms with Gasteiger partial charge in [0.25, 0.3) is 0 Å². The molecule has 0 radical (unpaired) electrons. The first-order valence-corrected chi connectivity index (χ1v) is 9.40. The van der Waals surface area contributed by atoms with Crippen LogP contribution in [0, 0.1) is 5.92 Å². The Morgan fingerprint density at radius 3 is 2.56 bits per heavy atom. The van der Waals surface area contributed by atoms with Gasteiger partial charge in [0.2, 0.25) is 11.8 Å². The third-order valence-corrected chi connectivity index (χ3v) is 4.99. The molecule has 0 fully saturated rings. The standard InChI is InChI=1S/C16H19N3O4S2/c1-9(2)14(15(22)23)18-12(20)6-10-8-25-16(17-10)19-13(21)7-11-4-3-5-24-11/h3-5,8-9,14H,6-7H2,1-2H3,(H,18,20)(H,22,23)(H,17,19,21). The monoisotopic (exact) mass is 381 g/mol. The van der Waals surface area contributed by atoms with Crippen molar-refractivity contribution in [3.05, 3.63) is 33.5 Å². The summed E-state index contributed by atoms with van der Waals surface area (Å²) < 4.78 is 0. The van der Waals surface area contributed by atoms with E-state index in [0.717, 1.165) is 4.88 Å². The lowest BCUT2D eigenvalue weighted by molar-refractivity contribution is -0.143. The van der Waals surface area contributed by atoms with Crippen LogP contribution in [0.5, 0.6) is 0 Å². The van der Waals surface area contributed by atoms with Crippen molar-refractivity contribution in [3.8, 4) is 0 Å². The average Bonchev–Trinajstić information content (AvgIpc) is 3.16. The minimum atomic E-state index is -1.07. The molecular weight excluding hydrogens is 362 g/mol. The largest absolute Gasteiger partial charge is 0.480 e. The molecule has 2 aromatic rings. The lowest BCUT2D eigenvalue weighted by Gasteiger charge is -2.17. The summed E-state index contributed by atoms with van der Waals surface area (Å²) in [5.74, 6) is -1.87. The fraction of sp³-hybridized carbons (Fsp3) is 0.375. The van der Waals surface area contributed by atoms with Crippen LogP contribution in [0.1, 0.15) is 24.4 Å². The van der Waals surface area contributed by atoms with E-state index in [-0.39, 0.29) is 24.7 Å². The number of carboxylic acids is 1. The van der Waals surface area contributed by atoms with Gasteiger partial charge in [-0.25, -0.2) is 9.78 Å². The molecule has 2 aromatic heterocycles. The molecule has 0 aromatic carbocycles. The maximum Gasteiger partial charge on any atom is 0.326 e. The van der Waals surface area contributed by atoms with Crippen LogP contribution in [0.25, 0.3) is 0 Å². The van der Waals surface area contributed by atoms with Crippen LogP contribution in [-0.4, -0.2) is 33.9 Å². The van der Waals surface area contributed by atoms with E-state index >= 15 is 0 Å². The van der Waals surface area contributed by atoms with Crippen LogP contribution in [0.2, 0.25) is 0 Å². The molecule has 2 amide bonds. The first kappa shape index (κ1) is 19.1. The van der Waals surface area contributed by atoms with Crippen molar-refractivity contribution in [2.45, 2.75) is 32.7 Å². The van der Waals surface area contributed by atoms with Gasteiger partial charge < -0.3 is 15.7 Å². The van der Waals surface area contributed by atoms with Gasteiger partial charge in [-0.1, -0.05) is 19.9 Å². The van der Waals surface area contributed by atoms with Crippen LogP contribution in [-0.2, 0) is 27.2 Å². The minimum absolute atomic E-state index is 0.0339. The number of aliphatic carboxylic acids is 1. The van der Waals surface area contributed by atoms with Crippen molar-refractivity contribution in [1.82, 2.24) is 10.3 Å². The summed E-state index contributed by atoms with van der Waals surface area (Å²) in [6.45, 7) is 3.45. The Hall–Kier alpha value is -2.26. The number of hydrogen-bond donors (Lipinski definition) is 3. The number of anilines is 1. The molecular formula is C16H19N3O4S2. The summed E-state index contributed by atoms with van der Waals surface area (Å²) in [5, 5.41) is 18.3. The molecule has 1 atom stereocenters. The number of carboxylic acid groups (broad SMARTS) is 1. The predicted octanol–water partition coefficient (Wildman–Crippen LogP) is 2.15. The van der Waals surface area contributed by atoms with Crippen molar-refractivity contribution < 1.29 is 19.5 Å². The molecule has 0 saturated heterocycles. The van der Waals surface area contributed by atoms with E-state index < -0.39 is 17.9 Å². The lowest BCUT2D eigenvalue weighted by Crippen LogP contribution is -2.44. The van der Waals surface area contributed by atoms with Gasteiger partial charge >= 0.3 is 5.97 Å². The van der Waals surface area contributed by atoms with E-state index in [9.17, 15) is 14.4 Å². The smallest absolute Gasteiger partial charge is 0.326 e. The lowest BCUT2D eigenvalue weighted by atomic mass is 10.0. The summed E-state index contributed by atoms with van der Waals surface area (Å²) in [6.07, 6.45) is 0.246. The SMILES string of the molecule is CC(C)C(NC(=O)Cc1csc(NC(=O)Cc2cccs2)n1)C(=O)O. The molecule has 2 heterocycles. The molecule has 0 spiro atoms. The summed E-state index contributed by atoms with van der Waals surface area (Å²) in [4.78, 5) is 40.2. The number of nitrogens with one attached hydrogen (secondary N) is 2. The number of carbonyl (C=O) groups is 3. The van der Waals surface area contributed by atoms with Crippen LogP contribution >= 0.6 is 22.7 Å². The molecule has 134 valence electrons. The maximum absolute atomic E-state index is 12.0. The second-order valence-electron chi connectivity index (χ2n) is 5.75. The fourth-order valence-electron chi connectivity index (χ4n) is 2.08. The number of rotatable bonds is 8. The highest BCUT2D eigenvalue weighted by Gasteiger charge is 2.23. The molecule has 25 heavy (non-hydrogen) atoms. The number of nitrogens with zero attached hydrogens (tertiary/aromatic N) is 1. The van der Waals surface area contributed by atoms with Gasteiger partial charge in [-0.2, -0.15) is 0 Å². The topological polar surface area (TPSA) is 108 Å². The van der Waals surface area contributed by atoms with E-state index in [1.165, 1.54) is 22.7 Å². The van der Waals surface area contributed by atoms with Crippen molar-refractivity contribution in [2.75, 3.05) is 5.32 Å². The van der Waals surface area contributed by atoms with Gasteiger partial charge in [0.15, 0.2) is 5.13 Å². The number of aromatic nitrogens is 1. The molecule has 0 saturated carbocycles. The second kappa shape index (κ2) is 8.72. The molecule has 1 unspecified atom stereocenters. The molecule has 3 N–H and O–H groups in total. The number of hydrogen-bond acceptors (Lipinski definition) is 6. The average molecular weight is 381 g/mol. The van der Waals surface area contributed by atoms with Gasteiger partial charge in [-0.3, -0.25) is 9.59 Å². The molecule has 0 bridgehead atoms. The van der Waals surface area contributed by atoms with E-state index in [2.05, 4.69) is 15.6 Å². The zero-order valence-electron chi connectivity index (χ0n) is 13.8. The van der Waals surface area contributed by atoms with E-state index in [1.807, 2.05) is 17.5 Å². The summed E-state index contributed by atoms with van der Waals surface area (Å²) in [5.41, 5.74) is 0.488. The van der Waals surface area contributed by atoms with Gasteiger partial charge in [-0.05, 0) is 17.4 Å². The van der Waals surface area contributed by atoms with Gasteiger partial charge in [0.05, 0.1) is 18.5 Å². The van der Waals surface area contributed by atoms with E-state index in [0.29, 0.717) is 10.8 Å². The Morgan fingerprint density at radius 2 is 1.96 bits per heavy atom. The molecule has 0 aliphatic heterocycles. The van der Waals surface area contributed by atoms with Crippen LogP contribution in [0.3, 0.4) is 0 Å². The van der Waals surface area contributed by atoms with Gasteiger partial charge in [0, 0.05) is 10.3 Å². The molecule has 2 rings (SSSR count). The fourth-order valence-corrected chi connectivity index (χ4v) is 3.51. The van der Waals surface area contributed by atoms with E-state index in [1.54, 1.807) is 19.2 Å². The molecule has 0 aliphatic carbocycles. The Bertz CT molecular complexity index is 740. The summed E-state index contributed by atoms with van der Waals surface area (Å²) >= 11 is 2.73. The molecule has 9 heteroatoms. The zero-order chi connectivity index (χ0) is 18.4. The highest BCUT2D eigenvalue weighted by Crippen LogP contribution is 2.17. The van der Waals surface area contributed by atoms with Crippen molar-refractivity contribution in [3.63, 3.8) is 0 Å². The first-order valence-electron chi connectivity index (χ1n) is 7.64. The number of thiazole rings is 1. The van der Waals surface area contributed by atoms with Crippen LogP contribution in [0.4, 0.5) is 5.13 Å². The third kappa shape index (κ3) is 5.95. The van der Waals surface area contributed by atoms with Crippen LogP contribution in [0.15, 0.2) is 22.9 Å². The summed E-state index contributed by atoms with van der Waals surface area (Å²) in [6, 6.07) is 2.83. The Labute approximate surface area is 153 Å². The normalized spacial score (nSPS) is 12.0. The Kier molecular flexibility index (Phi) is 6.65. The maximum atomic E-state index is 12.0. The number of carbonyl (C=O) groups excluding carboxylic acids is 2. The Balaban J connectivity index is 1.87. The zero-order valence-corrected chi connectivity index (χ0v) is 15.4. The van der Waals surface area contributed by atoms with Gasteiger partial charge in [0.1, 0.15) is 6.04 Å². The van der Waals surface area contributed by atoms with Crippen molar-refractivity contribution in [1.29, 1.82) is 0 Å².